The maximum Gasteiger partial charge on any atom is 0.243 e. The number of fused-ring (bicyclic) bond motifs is 1. The Labute approximate surface area is 164 Å². The first-order chi connectivity index (χ1) is 13.6. The molecule has 2 heterocycles. The second-order valence-corrected chi connectivity index (χ2v) is 8.73. The van der Waals surface area contributed by atoms with Gasteiger partial charge in [-0.25, -0.2) is 13.4 Å². The molecule has 0 unspecified atom stereocenters. The van der Waals surface area contributed by atoms with Crippen LogP contribution in [-0.4, -0.2) is 30.8 Å². The summed E-state index contributed by atoms with van der Waals surface area (Å²) in [7, 11) is -3.39. The van der Waals surface area contributed by atoms with E-state index in [2.05, 4.69) is 16.4 Å². The van der Waals surface area contributed by atoms with Crippen LogP contribution in [0.25, 0.3) is 10.9 Å². The van der Waals surface area contributed by atoms with Crippen LogP contribution in [0.3, 0.4) is 0 Å². The quantitative estimate of drug-likeness (QED) is 0.718. The van der Waals surface area contributed by atoms with Gasteiger partial charge in [0.2, 0.25) is 10.0 Å². The number of nitrogens with zero attached hydrogens (tertiary/aromatic N) is 3. The number of aromatic nitrogens is 1. The first-order valence-electron chi connectivity index (χ1n) is 9.21. The van der Waals surface area contributed by atoms with Gasteiger partial charge in [-0.05, 0) is 42.7 Å². The normalized spacial score (nSPS) is 14.8. The van der Waals surface area contributed by atoms with E-state index in [9.17, 15) is 13.7 Å². The third-order valence-electron chi connectivity index (χ3n) is 4.94. The SMILES string of the molecule is N#Cc1cc(NCc2ccc(S(=O)(=O)N3CCCC3)cc2)c2ccccc2n1. The predicted octanol–water partition coefficient (Wildman–Crippen LogP) is 3.50. The van der Waals surface area contributed by atoms with Crippen LogP contribution in [-0.2, 0) is 16.6 Å². The van der Waals surface area contributed by atoms with Gasteiger partial charge in [0.15, 0.2) is 0 Å². The highest BCUT2D eigenvalue weighted by molar-refractivity contribution is 7.89. The van der Waals surface area contributed by atoms with Crippen LogP contribution < -0.4 is 5.32 Å². The van der Waals surface area contributed by atoms with E-state index in [1.807, 2.05) is 36.4 Å². The molecule has 0 saturated carbocycles. The summed E-state index contributed by atoms with van der Waals surface area (Å²) in [6, 6.07) is 18.4. The van der Waals surface area contributed by atoms with E-state index in [0.29, 0.717) is 30.2 Å². The molecular weight excluding hydrogens is 372 g/mol. The van der Waals surface area contributed by atoms with Gasteiger partial charge in [0, 0.05) is 30.7 Å². The van der Waals surface area contributed by atoms with Crippen molar-refractivity contribution in [2.24, 2.45) is 0 Å². The van der Waals surface area contributed by atoms with Gasteiger partial charge in [0.05, 0.1) is 10.4 Å². The van der Waals surface area contributed by atoms with Crippen LogP contribution in [0.1, 0.15) is 24.1 Å². The van der Waals surface area contributed by atoms with Crippen molar-refractivity contribution in [1.29, 1.82) is 5.26 Å². The van der Waals surface area contributed by atoms with Crippen molar-refractivity contribution in [1.82, 2.24) is 9.29 Å². The van der Waals surface area contributed by atoms with Crippen molar-refractivity contribution >= 4 is 26.6 Å². The second kappa shape index (κ2) is 7.58. The van der Waals surface area contributed by atoms with Crippen LogP contribution in [0, 0.1) is 11.3 Å². The van der Waals surface area contributed by atoms with Gasteiger partial charge in [-0.1, -0.05) is 30.3 Å². The zero-order valence-electron chi connectivity index (χ0n) is 15.3. The molecule has 4 rings (SSSR count). The number of benzene rings is 2. The number of nitrogens with one attached hydrogen (secondary N) is 1. The summed E-state index contributed by atoms with van der Waals surface area (Å²) in [4.78, 5) is 4.65. The molecule has 0 spiro atoms. The molecule has 6 nitrogen and oxygen atoms in total. The van der Waals surface area contributed by atoms with Crippen LogP contribution >= 0.6 is 0 Å². The Morgan fingerprint density at radius 2 is 1.79 bits per heavy atom. The number of anilines is 1. The fourth-order valence-corrected chi connectivity index (χ4v) is 4.95. The fourth-order valence-electron chi connectivity index (χ4n) is 3.43. The molecule has 1 fully saturated rings. The van der Waals surface area contributed by atoms with Gasteiger partial charge in [0.1, 0.15) is 11.8 Å². The molecule has 142 valence electrons. The highest BCUT2D eigenvalue weighted by atomic mass is 32.2. The van der Waals surface area contributed by atoms with Gasteiger partial charge in [-0.3, -0.25) is 0 Å². The molecule has 1 aliphatic rings. The van der Waals surface area contributed by atoms with E-state index < -0.39 is 10.0 Å². The highest BCUT2D eigenvalue weighted by Gasteiger charge is 2.26. The molecular formula is C21H20N4O2S. The summed E-state index contributed by atoms with van der Waals surface area (Å²) in [5, 5.41) is 13.5. The maximum atomic E-state index is 12.6. The molecule has 1 aliphatic heterocycles. The molecule has 0 radical (unpaired) electrons. The van der Waals surface area contributed by atoms with Gasteiger partial charge >= 0.3 is 0 Å². The second-order valence-electron chi connectivity index (χ2n) is 6.79. The molecule has 7 heteroatoms. The highest BCUT2D eigenvalue weighted by Crippen LogP contribution is 2.24. The average Bonchev–Trinajstić information content (AvgIpc) is 3.28. The molecule has 1 saturated heterocycles. The molecule has 1 N–H and O–H groups in total. The summed E-state index contributed by atoms with van der Waals surface area (Å²) in [5.41, 5.74) is 2.90. The third kappa shape index (κ3) is 3.57. The van der Waals surface area contributed by atoms with E-state index in [0.717, 1.165) is 35.0 Å². The summed E-state index contributed by atoms with van der Waals surface area (Å²) in [6.07, 6.45) is 1.84. The van der Waals surface area contributed by atoms with Gasteiger partial charge in [-0.15, -0.1) is 0 Å². The third-order valence-corrected chi connectivity index (χ3v) is 6.85. The number of hydrogen-bond acceptors (Lipinski definition) is 5. The number of para-hydroxylation sites is 1. The minimum Gasteiger partial charge on any atom is -0.380 e. The zero-order chi connectivity index (χ0) is 19.6. The van der Waals surface area contributed by atoms with Crippen molar-refractivity contribution in [2.75, 3.05) is 18.4 Å². The lowest BCUT2D eigenvalue weighted by Gasteiger charge is -2.16. The van der Waals surface area contributed by atoms with Crippen LogP contribution in [0.2, 0.25) is 0 Å². The predicted molar refractivity (Wildman–Crippen MR) is 108 cm³/mol. The van der Waals surface area contributed by atoms with Crippen LogP contribution in [0.5, 0.6) is 0 Å². The van der Waals surface area contributed by atoms with E-state index >= 15 is 0 Å². The fraction of sp³-hybridized carbons (Fsp3) is 0.238. The minimum atomic E-state index is -3.39. The summed E-state index contributed by atoms with van der Waals surface area (Å²) >= 11 is 0. The minimum absolute atomic E-state index is 0.333. The molecule has 0 bridgehead atoms. The van der Waals surface area contributed by atoms with E-state index in [4.69, 9.17) is 0 Å². The van der Waals surface area contributed by atoms with Crippen molar-refractivity contribution in [2.45, 2.75) is 24.3 Å². The number of hydrogen-bond donors (Lipinski definition) is 1. The van der Waals surface area contributed by atoms with Crippen molar-refractivity contribution in [3.05, 3.63) is 65.9 Å². The summed E-state index contributed by atoms with van der Waals surface area (Å²) in [6.45, 7) is 1.72. The lowest BCUT2D eigenvalue weighted by molar-refractivity contribution is 0.477. The topological polar surface area (TPSA) is 86.1 Å². The zero-order valence-corrected chi connectivity index (χ0v) is 16.1. The van der Waals surface area contributed by atoms with Gasteiger partial charge in [-0.2, -0.15) is 9.57 Å². The summed E-state index contributed by atoms with van der Waals surface area (Å²) in [5.74, 6) is 0. The van der Waals surface area contributed by atoms with Crippen molar-refractivity contribution in [3.63, 3.8) is 0 Å². The Morgan fingerprint density at radius 1 is 1.07 bits per heavy atom. The first kappa shape index (κ1) is 18.4. The Hall–Kier alpha value is -2.95. The van der Waals surface area contributed by atoms with E-state index in [1.54, 1.807) is 22.5 Å². The number of rotatable bonds is 5. The first-order valence-corrected chi connectivity index (χ1v) is 10.6. The number of pyridine rings is 1. The Kier molecular flexibility index (Phi) is 4.99. The van der Waals surface area contributed by atoms with Crippen molar-refractivity contribution < 1.29 is 8.42 Å². The number of sulfonamides is 1. The maximum absolute atomic E-state index is 12.6. The van der Waals surface area contributed by atoms with Crippen molar-refractivity contribution in [3.8, 4) is 6.07 Å². The molecule has 3 aromatic rings. The molecule has 0 atom stereocenters. The molecule has 0 amide bonds. The summed E-state index contributed by atoms with van der Waals surface area (Å²) < 4.78 is 26.8. The smallest absolute Gasteiger partial charge is 0.243 e. The molecule has 28 heavy (non-hydrogen) atoms. The molecule has 1 aromatic heterocycles. The standard InChI is InChI=1S/C21H20N4O2S/c22-14-17-13-21(19-5-1-2-6-20(19)24-17)23-15-16-7-9-18(10-8-16)28(26,27)25-11-3-4-12-25/h1-2,5-10,13H,3-4,11-12,15H2,(H,23,24). The average molecular weight is 392 g/mol. The lowest BCUT2D eigenvalue weighted by atomic mass is 10.1. The van der Waals surface area contributed by atoms with E-state index in [-0.39, 0.29) is 0 Å². The van der Waals surface area contributed by atoms with E-state index in [1.165, 1.54) is 0 Å². The van der Waals surface area contributed by atoms with Crippen LogP contribution in [0.15, 0.2) is 59.5 Å². The van der Waals surface area contributed by atoms with Crippen LogP contribution in [0.4, 0.5) is 5.69 Å². The number of nitriles is 1. The Morgan fingerprint density at radius 3 is 2.50 bits per heavy atom. The molecule has 2 aromatic carbocycles. The Bertz CT molecular complexity index is 1150. The van der Waals surface area contributed by atoms with Gasteiger partial charge in [0.25, 0.3) is 0 Å². The monoisotopic (exact) mass is 392 g/mol. The molecule has 0 aliphatic carbocycles. The van der Waals surface area contributed by atoms with Gasteiger partial charge < -0.3 is 5.32 Å². The Balaban J connectivity index is 1.53. The largest absolute Gasteiger partial charge is 0.380 e. The lowest BCUT2D eigenvalue weighted by Crippen LogP contribution is -2.27.